The Balaban J connectivity index is 2.37. The average molecular weight is 376 g/mol. The Morgan fingerprint density at radius 1 is 1.29 bits per heavy atom. The fourth-order valence-electron chi connectivity index (χ4n) is 2.71. The molecule has 1 aliphatic rings. The molecular weight excluding hydrogens is 356 g/mol. The Hall–Kier alpha value is -1.49. The molecular formula is C14H20N2O6S2. The third-order valence-electron chi connectivity index (χ3n) is 4.08. The number of sulfonamides is 2. The second kappa shape index (κ2) is 6.79. The summed E-state index contributed by atoms with van der Waals surface area (Å²) >= 11 is 0. The van der Waals surface area contributed by atoms with Crippen LogP contribution in [0.2, 0.25) is 0 Å². The van der Waals surface area contributed by atoms with Crippen LogP contribution in [0.5, 0.6) is 0 Å². The number of hydrogen-bond acceptors (Lipinski definition) is 5. The van der Waals surface area contributed by atoms with Crippen LogP contribution >= 0.6 is 0 Å². The normalized spacial score (nSPS) is 20.0. The molecule has 1 unspecified atom stereocenters. The predicted octanol–water partition coefficient (Wildman–Crippen LogP) is 0.388. The maximum absolute atomic E-state index is 12.7. The van der Waals surface area contributed by atoms with Crippen LogP contribution in [0.3, 0.4) is 0 Å². The highest BCUT2D eigenvalue weighted by atomic mass is 32.2. The van der Waals surface area contributed by atoms with Gasteiger partial charge in [0.1, 0.15) is 0 Å². The van der Waals surface area contributed by atoms with Gasteiger partial charge in [-0.15, -0.1) is 0 Å². The summed E-state index contributed by atoms with van der Waals surface area (Å²) in [5.41, 5.74) is 0.303. The first-order chi connectivity index (χ1) is 11.1. The van der Waals surface area contributed by atoms with Gasteiger partial charge in [-0.05, 0) is 50.6 Å². The Kier molecular flexibility index (Phi) is 5.33. The van der Waals surface area contributed by atoms with Crippen molar-refractivity contribution in [2.75, 3.05) is 20.1 Å². The SMILES string of the molecule is CNS(=O)(=O)c1ccc(S(=O)(=O)N2CCCC(C(=O)O)C2)cc1C. The van der Waals surface area contributed by atoms with Crippen LogP contribution in [0.4, 0.5) is 0 Å². The van der Waals surface area contributed by atoms with E-state index in [1.807, 2.05) is 0 Å². The largest absolute Gasteiger partial charge is 0.481 e. The molecule has 1 atom stereocenters. The van der Waals surface area contributed by atoms with Gasteiger partial charge in [0.15, 0.2) is 0 Å². The molecule has 2 N–H and O–H groups in total. The summed E-state index contributed by atoms with van der Waals surface area (Å²) in [5, 5.41) is 9.09. The standard InChI is InChI=1S/C14H20N2O6S2/c1-10-8-12(5-6-13(10)23(19,20)15-2)24(21,22)16-7-3-4-11(9-16)14(17)18/h5-6,8,11,15H,3-4,7,9H2,1-2H3,(H,17,18). The molecule has 1 heterocycles. The summed E-state index contributed by atoms with van der Waals surface area (Å²) < 4.78 is 52.5. The van der Waals surface area contributed by atoms with Gasteiger partial charge in [0.2, 0.25) is 20.0 Å². The molecule has 0 spiro atoms. The fraction of sp³-hybridized carbons (Fsp3) is 0.500. The number of nitrogens with zero attached hydrogens (tertiary/aromatic N) is 1. The minimum absolute atomic E-state index is 0.00556. The van der Waals surface area contributed by atoms with Crippen molar-refractivity contribution in [1.82, 2.24) is 9.03 Å². The van der Waals surface area contributed by atoms with Gasteiger partial charge in [-0.1, -0.05) is 0 Å². The smallest absolute Gasteiger partial charge is 0.307 e. The van der Waals surface area contributed by atoms with Crippen LogP contribution in [0, 0.1) is 12.8 Å². The van der Waals surface area contributed by atoms with Crippen molar-refractivity contribution in [2.45, 2.75) is 29.6 Å². The molecule has 0 radical (unpaired) electrons. The lowest BCUT2D eigenvalue weighted by Crippen LogP contribution is -2.42. The van der Waals surface area contributed by atoms with E-state index in [0.29, 0.717) is 18.4 Å². The van der Waals surface area contributed by atoms with E-state index in [-0.39, 0.29) is 22.9 Å². The summed E-state index contributed by atoms with van der Waals surface area (Å²) in [6.07, 6.45) is 0.918. The van der Waals surface area contributed by atoms with Crippen LogP contribution < -0.4 is 4.72 Å². The van der Waals surface area contributed by atoms with Crippen LogP contribution in [-0.2, 0) is 24.8 Å². The lowest BCUT2D eigenvalue weighted by atomic mass is 10.0. The highest BCUT2D eigenvalue weighted by molar-refractivity contribution is 7.89. The van der Waals surface area contributed by atoms with Gasteiger partial charge in [0, 0.05) is 13.1 Å². The van der Waals surface area contributed by atoms with E-state index in [1.54, 1.807) is 0 Å². The summed E-state index contributed by atoms with van der Waals surface area (Å²) in [5.74, 6) is -1.74. The number of carboxylic acid groups (broad SMARTS) is 1. The predicted molar refractivity (Wildman–Crippen MR) is 86.5 cm³/mol. The van der Waals surface area contributed by atoms with Gasteiger partial charge in [-0.3, -0.25) is 4.79 Å². The highest BCUT2D eigenvalue weighted by Crippen LogP contribution is 2.26. The minimum atomic E-state index is -3.87. The zero-order valence-corrected chi connectivity index (χ0v) is 15.0. The van der Waals surface area contributed by atoms with Gasteiger partial charge >= 0.3 is 5.97 Å². The van der Waals surface area contributed by atoms with Gasteiger partial charge in [0.25, 0.3) is 0 Å². The maximum Gasteiger partial charge on any atom is 0.307 e. The number of rotatable bonds is 5. The van der Waals surface area contributed by atoms with Crippen molar-refractivity contribution in [1.29, 1.82) is 0 Å². The Bertz CT molecular complexity index is 848. The molecule has 10 heteroatoms. The molecule has 0 aromatic heterocycles. The first kappa shape index (κ1) is 18.8. The quantitative estimate of drug-likeness (QED) is 0.767. The third-order valence-corrected chi connectivity index (χ3v) is 7.51. The molecule has 24 heavy (non-hydrogen) atoms. The molecule has 0 bridgehead atoms. The van der Waals surface area contributed by atoms with Crippen LogP contribution in [0.1, 0.15) is 18.4 Å². The molecule has 0 amide bonds. The third kappa shape index (κ3) is 3.61. The van der Waals surface area contributed by atoms with E-state index < -0.39 is 31.9 Å². The average Bonchev–Trinajstić information content (AvgIpc) is 2.54. The summed E-state index contributed by atoms with van der Waals surface area (Å²) in [7, 11) is -6.26. The van der Waals surface area contributed by atoms with Gasteiger partial charge in [0.05, 0.1) is 15.7 Å². The van der Waals surface area contributed by atoms with Crippen molar-refractivity contribution in [3.05, 3.63) is 23.8 Å². The number of aliphatic carboxylic acids is 1. The molecule has 1 saturated heterocycles. The second-order valence-electron chi connectivity index (χ2n) is 5.68. The van der Waals surface area contributed by atoms with Crippen molar-refractivity contribution in [3.8, 4) is 0 Å². The zero-order valence-electron chi connectivity index (χ0n) is 13.4. The number of carbonyl (C=O) groups is 1. The number of hydrogen-bond donors (Lipinski definition) is 2. The van der Waals surface area contributed by atoms with Gasteiger partial charge in [-0.2, -0.15) is 4.31 Å². The summed E-state index contributed by atoms with van der Waals surface area (Å²) in [6, 6.07) is 3.77. The Morgan fingerprint density at radius 3 is 2.50 bits per heavy atom. The van der Waals surface area contributed by atoms with E-state index in [2.05, 4.69) is 4.72 Å². The molecule has 1 fully saturated rings. The topological polar surface area (TPSA) is 121 Å². The number of benzene rings is 1. The number of carboxylic acids is 1. The summed E-state index contributed by atoms with van der Waals surface area (Å²) in [6.45, 7) is 1.69. The molecule has 8 nitrogen and oxygen atoms in total. The number of piperidine rings is 1. The van der Waals surface area contributed by atoms with E-state index in [4.69, 9.17) is 5.11 Å². The van der Waals surface area contributed by atoms with Crippen LogP contribution in [0.25, 0.3) is 0 Å². The van der Waals surface area contributed by atoms with E-state index in [1.165, 1.54) is 32.2 Å². The molecule has 0 saturated carbocycles. The molecule has 2 rings (SSSR count). The minimum Gasteiger partial charge on any atom is -0.481 e. The molecule has 1 aromatic rings. The highest BCUT2D eigenvalue weighted by Gasteiger charge is 2.33. The molecule has 1 aliphatic heterocycles. The maximum atomic E-state index is 12.7. The number of aryl methyl sites for hydroxylation is 1. The van der Waals surface area contributed by atoms with E-state index >= 15 is 0 Å². The number of nitrogens with one attached hydrogen (secondary N) is 1. The molecule has 0 aliphatic carbocycles. The lowest BCUT2D eigenvalue weighted by Gasteiger charge is -2.30. The summed E-state index contributed by atoms with van der Waals surface area (Å²) in [4.78, 5) is 11.1. The molecule has 1 aromatic carbocycles. The van der Waals surface area contributed by atoms with Crippen LogP contribution in [0.15, 0.2) is 28.0 Å². The second-order valence-corrected chi connectivity index (χ2v) is 9.47. The van der Waals surface area contributed by atoms with E-state index in [0.717, 1.165) is 4.31 Å². The monoisotopic (exact) mass is 376 g/mol. The van der Waals surface area contributed by atoms with Crippen molar-refractivity contribution < 1.29 is 26.7 Å². The lowest BCUT2D eigenvalue weighted by molar-refractivity contribution is -0.142. The fourth-order valence-corrected chi connectivity index (χ4v) is 5.26. The van der Waals surface area contributed by atoms with E-state index in [9.17, 15) is 21.6 Å². The first-order valence-corrected chi connectivity index (χ1v) is 10.3. The van der Waals surface area contributed by atoms with Gasteiger partial charge in [-0.25, -0.2) is 21.6 Å². The van der Waals surface area contributed by atoms with Gasteiger partial charge < -0.3 is 5.11 Å². The van der Waals surface area contributed by atoms with Crippen molar-refractivity contribution in [3.63, 3.8) is 0 Å². The Morgan fingerprint density at radius 2 is 1.96 bits per heavy atom. The van der Waals surface area contributed by atoms with Crippen molar-refractivity contribution in [2.24, 2.45) is 5.92 Å². The Labute approximate surface area is 141 Å². The van der Waals surface area contributed by atoms with Crippen molar-refractivity contribution >= 4 is 26.0 Å². The zero-order chi connectivity index (χ0) is 18.1. The first-order valence-electron chi connectivity index (χ1n) is 7.37. The van der Waals surface area contributed by atoms with Crippen LogP contribution in [-0.4, -0.2) is 52.4 Å². The molecule has 134 valence electrons.